The average Bonchev–Trinajstić information content (AvgIpc) is 2.59. The molecule has 1 rings (SSSR count). The van der Waals surface area contributed by atoms with Crippen molar-refractivity contribution in [3.8, 4) is 0 Å². The lowest BCUT2D eigenvalue weighted by molar-refractivity contribution is 0.119. The summed E-state index contributed by atoms with van der Waals surface area (Å²) in [6.07, 6.45) is 5.62. The summed E-state index contributed by atoms with van der Waals surface area (Å²) in [4.78, 5) is 5.47. The number of rotatable bonds is 3. The first-order valence-corrected chi connectivity index (χ1v) is 10.1. The van der Waals surface area contributed by atoms with E-state index >= 15 is 0 Å². The fourth-order valence-electron chi connectivity index (χ4n) is 1.52. The summed E-state index contributed by atoms with van der Waals surface area (Å²) in [6, 6.07) is 0. The number of nitrogens with zero attached hydrogens (tertiary/aromatic N) is 1. The van der Waals surface area contributed by atoms with Gasteiger partial charge in [0.2, 0.25) is 0 Å². The number of oxime groups is 1. The molecule has 0 aromatic carbocycles. The van der Waals surface area contributed by atoms with E-state index in [0.29, 0.717) is 5.54 Å². The van der Waals surface area contributed by atoms with Crippen molar-refractivity contribution in [2.24, 2.45) is 10.6 Å². The standard InChI is InChI=1S/C14H27NOSi/c1-11(17(5,6)7)8-9-12-10-13(15-16-12)14(2,3)4/h8-9,11-12H,10H2,1-7H3/b9-8-/t11-,12+/m0/s1. The molecule has 0 bridgehead atoms. The van der Waals surface area contributed by atoms with Crippen molar-refractivity contribution in [3.63, 3.8) is 0 Å². The molecule has 0 radical (unpaired) electrons. The maximum atomic E-state index is 5.47. The number of hydrogen-bond acceptors (Lipinski definition) is 2. The van der Waals surface area contributed by atoms with Crippen molar-refractivity contribution in [2.75, 3.05) is 0 Å². The van der Waals surface area contributed by atoms with E-state index in [0.717, 1.165) is 6.42 Å². The Labute approximate surface area is 107 Å². The number of hydrogen-bond donors (Lipinski definition) is 0. The van der Waals surface area contributed by atoms with E-state index in [9.17, 15) is 0 Å². The van der Waals surface area contributed by atoms with E-state index in [4.69, 9.17) is 4.84 Å². The molecule has 0 aromatic rings. The molecule has 17 heavy (non-hydrogen) atoms. The second kappa shape index (κ2) is 4.97. The highest BCUT2D eigenvalue weighted by atomic mass is 28.3. The zero-order valence-electron chi connectivity index (χ0n) is 12.4. The summed E-state index contributed by atoms with van der Waals surface area (Å²) in [5, 5.41) is 4.21. The Kier molecular flexibility index (Phi) is 4.23. The monoisotopic (exact) mass is 253 g/mol. The minimum atomic E-state index is -1.07. The molecule has 0 saturated heterocycles. The molecule has 0 amide bonds. The van der Waals surface area contributed by atoms with Gasteiger partial charge in [-0.05, 0) is 11.6 Å². The third-order valence-electron chi connectivity index (χ3n) is 3.54. The molecular formula is C14H27NOSi. The van der Waals surface area contributed by atoms with Crippen molar-refractivity contribution in [1.29, 1.82) is 0 Å². The molecule has 1 aliphatic heterocycles. The highest BCUT2D eigenvalue weighted by molar-refractivity contribution is 6.77. The molecule has 0 saturated carbocycles. The van der Waals surface area contributed by atoms with E-state index < -0.39 is 8.07 Å². The predicted octanol–water partition coefficient (Wildman–Crippen LogP) is 4.46. The molecule has 0 spiro atoms. The molecule has 2 atom stereocenters. The largest absolute Gasteiger partial charge is 0.388 e. The van der Waals surface area contributed by atoms with Gasteiger partial charge in [-0.25, -0.2) is 0 Å². The lowest BCUT2D eigenvalue weighted by Crippen LogP contribution is -2.25. The molecule has 0 aliphatic carbocycles. The maximum absolute atomic E-state index is 5.47. The first kappa shape index (κ1) is 14.5. The Hall–Kier alpha value is -0.573. The van der Waals surface area contributed by atoms with Gasteiger partial charge in [0.25, 0.3) is 0 Å². The zero-order valence-corrected chi connectivity index (χ0v) is 13.4. The van der Waals surface area contributed by atoms with Gasteiger partial charge in [-0.2, -0.15) is 0 Å². The lowest BCUT2D eigenvalue weighted by atomic mass is 9.87. The maximum Gasteiger partial charge on any atom is 0.151 e. The Balaban J connectivity index is 2.51. The van der Waals surface area contributed by atoms with Crippen LogP contribution in [0, 0.1) is 5.41 Å². The SMILES string of the molecule is C[C@@H](/C=C\[C@@H]1CC(C(C)(C)C)=NO1)[Si](C)(C)C. The van der Waals surface area contributed by atoms with Gasteiger partial charge in [0.15, 0.2) is 6.10 Å². The Morgan fingerprint density at radius 1 is 1.35 bits per heavy atom. The van der Waals surface area contributed by atoms with Crippen molar-refractivity contribution >= 4 is 13.8 Å². The van der Waals surface area contributed by atoms with Crippen LogP contribution in [0.25, 0.3) is 0 Å². The van der Waals surface area contributed by atoms with Crippen LogP contribution in [0.5, 0.6) is 0 Å². The molecule has 0 unspecified atom stereocenters. The second-order valence-electron chi connectivity index (χ2n) is 7.18. The average molecular weight is 253 g/mol. The first-order valence-electron chi connectivity index (χ1n) is 6.52. The van der Waals surface area contributed by atoms with Crippen LogP contribution in [0.1, 0.15) is 34.1 Å². The molecule has 1 aliphatic rings. The summed E-state index contributed by atoms with van der Waals surface area (Å²) in [5.41, 5.74) is 1.99. The van der Waals surface area contributed by atoms with Crippen LogP contribution in [-0.4, -0.2) is 19.9 Å². The van der Waals surface area contributed by atoms with Gasteiger partial charge in [0.1, 0.15) is 0 Å². The zero-order chi connectivity index (χ0) is 13.3. The van der Waals surface area contributed by atoms with Crippen LogP contribution in [0.15, 0.2) is 17.3 Å². The summed E-state index contributed by atoms with van der Waals surface area (Å²) in [7, 11) is -1.07. The van der Waals surface area contributed by atoms with E-state index in [1.54, 1.807) is 0 Å². The van der Waals surface area contributed by atoms with Crippen LogP contribution >= 0.6 is 0 Å². The van der Waals surface area contributed by atoms with Crippen LogP contribution in [0.4, 0.5) is 0 Å². The van der Waals surface area contributed by atoms with Crippen molar-refractivity contribution in [3.05, 3.63) is 12.2 Å². The lowest BCUT2D eigenvalue weighted by Gasteiger charge is -2.22. The topological polar surface area (TPSA) is 21.6 Å². The van der Waals surface area contributed by atoms with Crippen LogP contribution in [0.2, 0.25) is 25.2 Å². The van der Waals surface area contributed by atoms with Gasteiger partial charge in [-0.15, -0.1) is 0 Å². The molecule has 0 fully saturated rings. The van der Waals surface area contributed by atoms with E-state index in [2.05, 4.69) is 64.6 Å². The van der Waals surface area contributed by atoms with Gasteiger partial charge in [-0.1, -0.05) is 58.6 Å². The Bertz CT molecular complexity index is 320. The summed E-state index contributed by atoms with van der Waals surface area (Å²) in [6.45, 7) is 16.1. The van der Waals surface area contributed by atoms with Gasteiger partial charge >= 0.3 is 0 Å². The van der Waals surface area contributed by atoms with E-state index in [-0.39, 0.29) is 11.5 Å². The molecular weight excluding hydrogens is 226 g/mol. The van der Waals surface area contributed by atoms with Crippen molar-refractivity contribution in [2.45, 2.75) is 65.4 Å². The smallest absolute Gasteiger partial charge is 0.151 e. The van der Waals surface area contributed by atoms with Gasteiger partial charge < -0.3 is 4.84 Å². The Morgan fingerprint density at radius 3 is 2.35 bits per heavy atom. The third-order valence-corrected chi connectivity index (χ3v) is 6.46. The van der Waals surface area contributed by atoms with Crippen LogP contribution < -0.4 is 0 Å². The molecule has 0 N–H and O–H groups in total. The van der Waals surface area contributed by atoms with Gasteiger partial charge in [0.05, 0.1) is 13.8 Å². The fraction of sp³-hybridized carbons (Fsp3) is 0.786. The molecule has 0 aromatic heterocycles. The Morgan fingerprint density at radius 2 is 1.94 bits per heavy atom. The first-order chi connectivity index (χ1) is 7.60. The van der Waals surface area contributed by atoms with Crippen LogP contribution in [-0.2, 0) is 4.84 Å². The summed E-state index contributed by atoms with van der Waals surface area (Å²) < 4.78 is 0. The minimum Gasteiger partial charge on any atom is -0.388 e. The fourth-order valence-corrected chi connectivity index (χ4v) is 2.21. The summed E-state index contributed by atoms with van der Waals surface area (Å²) in [5.74, 6) is 0. The molecule has 2 nitrogen and oxygen atoms in total. The van der Waals surface area contributed by atoms with Gasteiger partial charge in [-0.3, -0.25) is 0 Å². The van der Waals surface area contributed by atoms with Crippen molar-refractivity contribution in [1.82, 2.24) is 0 Å². The highest BCUT2D eigenvalue weighted by Gasteiger charge is 2.28. The molecule has 3 heteroatoms. The molecule has 98 valence electrons. The highest BCUT2D eigenvalue weighted by Crippen LogP contribution is 2.27. The number of allylic oxidation sites excluding steroid dienone is 1. The second-order valence-corrected chi connectivity index (χ2v) is 12.8. The molecule has 1 heterocycles. The minimum absolute atomic E-state index is 0.132. The van der Waals surface area contributed by atoms with Crippen LogP contribution in [0.3, 0.4) is 0 Å². The van der Waals surface area contributed by atoms with Crippen molar-refractivity contribution < 1.29 is 4.84 Å². The van der Waals surface area contributed by atoms with E-state index in [1.165, 1.54) is 5.71 Å². The summed E-state index contributed by atoms with van der Waals surface area (Å²) >= 11 is 0. The van der Waals surface area contributed by atoms with Gasteiger partial charge in [0, 0.05) is 11.8 Å². The third kappa shape index (κ3) is 4.30. The predicted molar refractivity (Wildman–Crippen MR) is 78.3 cm³/mol. The normalized spacial score (nSPS) is 23.7. The quantitative estimate of drug-likeness (QED) is 0.537. The van der Waals surface area contributed by atoms with E-state index in [1.807, 2.05) is 0 Å².